The van der Waals surface area contributed by atoms with E-state index in [-0.39, 0.29) is 5.91 Å². The Morgan fingerprint density at radius 3 is 2.20 bits per heavy atom. The number of hydrogen-bond acceptors (Lipinski definition) is 3. The summed E-state index contributed by atoms with van der Waals surface area (Å²) in [5.41, 5.74) is 4.95. The summed E-state index contributed by atoms with van der Waals surface area (Å²) in [6, 6.07) is 30.0. The smallest absolute Gasteiger partial charge is 0.265 e. The van der Waals surface area contributed by atoms with Crippen LogP contribution < -0.4 is 5.32 Å². The highest BCUT2D eigenvalue weighted by atomic mass is 32.1. The molecule has 0 spiro atoms. The molecule has 4 nitrogen and oxygen atoms in total. The molecule has 1 amide bonds. The molecule has 0 aliphatic heterocycles. The van der Waals surface area contributed by atoms with E-state index >= 15 is 0 Å². The minimum atomic E-state index is -0.109. The average Bonchev–Trinajstić information content (AvgIpc) is 3.36. The Kier molecular flexibility index (Phi) is 4.65. The fraction of sp³-hybridized carbons (Fsp3) is 0.0400. The lowest BCUT2D eigenvalue weighted by Crippen LogP contribution is -2.10. The third-order valence-corrected chi connectivity index (χ3v) is 6.13. The maximum absolute atomic E-state index is 12.9. The summed E-state index contributed by atoms with van der Waals surface area (Å²) in [5.74, 6) is -0.109. The van der Waals surface area contributed by atoms with Crippen molar-refractivity contribution in [3.8, 4) is 16.8 Å². The van der Waals surface area contributed by atoms with E-state index in [1.807, 2.05) is 90.5 Å². The van der Waals surface area contributed by atoms with Crippen LogP contribution in [0.1, 0.15) is 15.4 Å². The van der Waals surface area contributed by atoms with Crippen molar-refractivity contribution in [2.24, 2.45) is 0 Å². The highest BCUT2D eigenvalue weighted by Gasteiger charge is 2.17. The number of nitrogens with zero attached hydrogens (tertiary/aromatic N) is 2. The molecule has 5 heteroatoms. The summed E-state index contributed by atoms with van der Waals surface area (Å²) >= 11 is 1.46. The Morgan fingerprint density at radius 2 is 1.50 bits per heavy atom. The number of amides is 1. The first-order chi connectivity index (χ1) is 14.7. The molecule has 0 aliphatic rings. The van der Waals surface area contributed by atoms with E-state index in [0.29, 0.717) is 4.88 Å². The second kappa shape index (κ2) is 7.61. The van der Waals surface area contributed by atoms with E-state index < -0.39 is 0 Å². The number of para-hydroxylation sites is 1. The van der Waals surface area contributed by atoms with Crippen molar-refractivity contribution < 1.29 is 4.79 Å². The van der Waals surface area contributed by atoms with Gasteiger partial charge in [-0.25, -0.2) is 4.68 Å². The van der Waals surface area contributed by atoms with Gasteiger partial charge in [-0.3, -0.25) is 4.79 Å². The number of fused-ring (bicyclic) bond motifs is 1. The number of carbonyl (C=O) groups is 1. The number of rotatable bonds is 4. The Balaban J connectivity index is 1.40. The summed E-state index contributed by atoms with van der Waals surface area (Å²) in [6.07, 6.45) is 0. The summed E-state index contributed by atoms with van der Waals surface area (Å²) in [6.45, 7) is 1.97. The van der Waals surface area contributed by atoms with Gasteiger partial charge in [0.25, 0.3) is 5.91 Å². The minimum Gasteiger partial charge on any atom is -0.321 e. The van der Waals surface area contributed by atoms with Gasteiger partial charge in [-0.1, -0.05) is 60.7 Å². The molecule has 0 fully saturated rings. The van der Waals surface area contributed by atoms with Gasteiger partial charge in [-0.2, -0.15) is 5.10 Å². The molecule has 0 saturated carbocycles. The molecule has 2 aromatic heterocycles. The number of aryl methyl sites for hydroxylation is 1. The zero-order chi connectivity index (χ0) is 20.5. The molecular formula is C25H19N3OS. The Bertz CT molecular complexity index is 1320. The predicted molar refractivity (Wildman–Crippen MR) is 124 cm³/mol. The van der Waals surface area contributed by atoms with E-state index in [2.05, 4.69) is 22.5 Å². The number of aromatic nitrogens is 2. The first-order valence-corrected chi connectivity index (χ1v) is 10.5. The van der Waals surface area contributed by atoms with Crippen LogP contribution in [0.3, 0.4) is 0 Å². The molecule has 30 heavy (non-hydrogen) atoms. The molecular weight excluding hydrogens is 390 g/mol. The zero-order valence-corrected chi connectivity index (χ0v) is 17.2. The predicted octanol–water partition coefficient (Wildman–Crippen LogP) is 6.31. The van der Waals surface area contributed by atoms with E-state index in [0.717, 1.165) is 38.4 Å². The van der Waals surface area contributed by atoms with Crippen molar-refractivity contribution in [1.29, 1.82) is 0 Å². The Hall–Kier alpha value is -3.70. The number of anilines is 1. The standard InChI is InChI=1S/C25H19N3OS/c1-17-22-16-23(30-25(22)28(27-17)21-10-6-3-7-11-21)24(29)26-20-14-12-19(13-15-20)18-8-4-2-5-9-18/h2-16H,1H3,(H,26,29). The lowest BCUT2D eigenvalue weighted by molar-refractivity contribution is 0.103. The van der Waals surface area contributed by atoms with E-state index in [4.69, 9.17) is 0 Å². The van der Waals surface area contributed by atoms with Gasteiger partial charge in [0.2, 0.25) is 0 Å². The molecule has 0 atom stereocenters. The van der Waals surface area contributed by atoms with Crippen LogP contribution in [-0.2, 0) is 0 Å². The van der Waals surface area contributed by atoms with Crippen LogP contribution in [0.25, 0.3) is 27.0 Å². The molecule has 3 aromatic carbocycles. The maximum atomic E-state index is 12.9. The van der Waals surface area contributed by atoms with E-state index in [1.165, 1.54) is 11.3 Å². The second-order valence-corrected chi connectivity index (χ2v) is 8.09. The van der Waals surface area contributed by atoms with E-state index in [9.17, 15) is 4.79 Å². The van der Waals surface area contributed by atoms with Gasteiger partial charge >= 0.3 is 0 Å². The average molecular weight is 410 g/mol. The van der Waals surface area contributed by atoms with Crippen molar-refractivity contribution >= 4 is 33.1 Å². The van der Waals surface area contributed by atoms with Crippen LogP contribution in [0.5, 0.6) is 0 Å². The van der Waals surface area contributed by atoms with Crippen LogP contribution >= 0.6 is 11.3 Å². The monoisotopic (exact) mass is 409 g/mol. The SMILES string of the molecule is Cc1nn(-c2ccccc2)c2sc(C(=O)Nc3ccc(-c4ccccc4)cc3)cc12. The van der Waals surface area contributed by atoms with Crippen molar-refractivity contribution in [1.82, 2.24) is 9.78 Å². The number of hydrogen-bond donors (Lipinski definition) is 1. The van der Waals surface area contributed by atoms with Crippen LogP contribution in [0, 0.1) is 6.92 Å². The van der Waals surface area contributed by atoms with E-state index in [1.54, 1.807) is 0 Å². The van der Waals surface area contributed by atoms with Crippen LogP contribution in [-0.4, -0.2) is 15.7 Å². The third kappa shape index (κ3) is 3.40. The molecule has 1 N–H and O–H groups in total. The number of benzene rings is 3. The van der Waals surface area contributed by atoms with Crippen molar-refractivity contribution in [3.63, 3.8) is 0 Å². The van der Waals surface area contributed by atoms with Crippen LogP contribution in [0.4, 0.5) is 5.69 Å². The maximum Gasteiger partial charge on any atom is 0.265 e. The summed E-state index contributed by atoms with van der Waals surface area (Å²) < 4.78 is 1.90. The second-order valence-electron chi connectivity index (χ2n) is 7.06. The van der Waals surface area contributed by atoms with Gasteiger partial charge in [0.1, 0.15) is 4.83 Å². The van der Waals surface area contributed by atoms with Gasteiger partial charge in [-0.15, -0.1) is 11.3 Å². The summed E-state index contributed by atoms with van der Waals surface area (Å²) in [7, 11) is 0. The molecule has 2 heterocycles. The third-order valence-electron chi connectivity index (χ3n) is 5.02. The van der Waals surface area contributed by atoms with Crippen LogP contribution in [0.15, 0.2) is 91.0 Å². The molecule has 146 valence electrons. The first-order valence-electron chi connectivity index (χ1n) is 9.70. The van der Waals surface area contributed by atoms with Gasteiger partial charge in [0.15, 0.2) is 0 Å². The number of nitrogens with one attached hydrogen (secondary N) is 1. The number of carbonyl (C=O) groups excluding carboxylic acids is 1. The lowest BCUT2D eigenvalue weighted by Gasteiger charge is -2.06. The normalized spacial score (nSPS) is 11.0. The molecule has 0 aliphatic carbocycles. The minimum absolute atomic E-state index is 0.109. The fourth-order valence-corrected chi connectivity index (χ4v) is 4.55. The highest BCUT2D eigenvalue weighted by molar-refractivity contribution is 7.20. The molecule has 0 unspecified atom stereocenters. The van der Waals surface area contributed by atoms with Crippen molar-refractivity contribution in [2.75, 3.05) is 5.32 Å². The Morgan fingerprint density at radius 1 is 0.867 bits per heavy atom. The van der Waals surface area contributed by atoms with Crippen molar-refractivity contribution in [3.05, 3.63) is 102 Å². The van der Waals surface area contributed by atoms with Gasteiger partial charge in [0, 0.05) is 11.1 Å². The Labute approximate surface area is 178 Å². The molecule has 0 bridgehead atoms. The summed E-state index contributed by atoms with van der Waals surface area (Å²) in [5, 5.41) is 8.65. The lowest BCUT2D eigenvalue weighted by atomic mass is 10.1. The van der Waals surface area contributed by atoms with Gasteiger partial charge < -0.3 is 5.32 Å². The largest absolute Gasteiger partial charge is 0.321 e. The number of thiophene rings is 1. The molecule has 5 rings (SSSR count). The topological polar surface area (TPSA) is 46.9 Å². The molecule has 0 radical (unpaired) electrons. The fourth-order valence-electron chi connectivity index (χ4n) is 3.47. The molecule has 5 aromatic rings. The van der Waals surface area contributed by atoms with Crippen LogP contribution in [0.2, 0.25) is 0 Å². The first kappa shape index (κ1) is 18.3. The van der Waals surface area contributed by atoms with Gasteiger partial charge in [0.05, 0.1) is 16.3 Å². The quantitative estimate of drug-likeness (QED) is 0.378. The molecule has 0 saturated heterocycles. The van der Waals surface area contributed by atoms with Gasteiger partial charge in [-0.05, 0) is 48.4 Å². The highest BCUT2D eigenvalue weighted by Crippen LogP contribution is 2.31. The zero-order valence-electron chi connectivity index (χ0n) is 16.4. The summed E-state index contributed by atoms with van der Waals surface area (Å²) in [4.78, 5) is 14.5. The van der Waals surface area contributed by atoms with Crippen molar-refractivity contribution in [2.45, 2.75) is 6.92 Å².